The number of carboxylic acid groups (broad SMARTS) is 1. The largest absolute Gasteiger partial charge is 0.480 e. The number of hydrogen-bond acceptors (Lipinski definition) is 4. The molecule has 0 aromatic heterocycles. The number of amides is 3. The summed E-state index contributed by atoms with van der Waals surface area (Å²) in [4.78, 5) is 35.7. The molecule has 1 unspecified atom stereocenters. The average Bonchev–Trinajstić information content (AvgIpc) is 2.50. The topological polar surface area (TPSA) is 98.7 Å². The van der Waals surface area contributed by atoms with E-state index in [-0.39, 0.29) is 19.0 Å². The number of rotatable bonds is 6. The lowest BCUT2D eigenvalue weighted by Gasteiger charge is -2.25. The number of carboxylic acids is 1. The zero-order chi connectivity index (χ0) is 14.8. The maximum atomic E-state index is 11.9. The van der Waals surface area contributed by atoms with E-state index in [1.165, 1.54) is 0 Å². The Balaban J connectivity index is 2.57. The molecule has 1 aliphatic rings. The smallest absolute Gasteiger partial charge is 0.325 e. The molecule has 3 N–H and O–H groups in total. The van der Waals surface area contributed by atoms with E-state index in [0.717, 1.165) is 4.90 Å². The second-order valence-electron chi connectivity index (χ2n) is 5.43. The maximum absolute atomic E-state index is 11.9. The first-order valence-electron chi connectivity index (χ1n) is 6.26. The summed E-state index contributed by atoms with van der Waals surface area (Å²) in [6.45, 7) is 6.99. The Morgan fingerprint density at radius 1 is 1.47 bits per heavy atom. The van der Waals surface area contributed by atoms with E-state index in [4.69, 9.17) is 5.11 Å². The van der Waals surface area contributed by atoms with Gasteiger partial charge < -0.3 is 15.7 Å². The predicted octanol–water partition coefficient (Wildman–Crippen LogP) is 0.160. The number of imide groups is 1. The van der Waals surface area contributed by atoms with Crippen LogP contribution in [0.3, 0.4) is 0 Å². The fourth-order valence-electron chi connectivity index (χ4n) is 1.82. The summed E-state index contributed by atoms with van der Waals surface area (Å²) in [6, 6.07) is -0.440. The van der Waals surface area contributed by atoms with Crippen LogP contribution in [0, 0.1) is 0 Å². The van der Waals surface area contributed by atoms with Gasteiger partial charge in [-0.2, -0.15) is 0 Å². The third-order valence-corrected chi connectivity index (χ3v) is 3.47. The van der Waals surface area contributed by atoms with Crippen LogP contribution >= 0.6 is 0 Å². The number of urea groups is 1. The fourth-order valence-corrected chi connectivity index (χ4v) is 1.82. The van der Waals surface area contributed by atoms with Gasteiger partial charge in [0.25, 0.3) is 5.91 Å². The van der Waals surface area contributed by atoms with E-state index < -0.39 is 23.1 Å². The lowest BCUT2D eigenvalue weighted by Crippen LogP contribution is -2.51. The summed E-state index contributed by atoms with van der Waals surface area (Å²) < 4.78 is 0. The maximum Gasteiger partial charge on any atom is 0.325 e. The van der Waals surface area contributed by atoms with E-state index in [1.54, 1.807) is 27.7 Å². The molecule has 0 aromatic carbocycles. The second-order valence-corrected chi connectivity index (χ2v) is 5.43. The molecule has 0 aromatic rings. The van der Waals surface area contributed by atoms with Gasteiger partial charge in [0, 0.05) is 13.1 Å². The number of aliphatic carboxylic acids is 1. The van der Waals surface area contributed by atoms with E-state index >= 15 is 0 Å². The van der Waals surface area contributed by atoms with Crippen molar-refractivity contribution in [3.05, 3.63) is 0 Å². The molecular weight excluding hydrogens is 250 g/mol. The van der Waals surface area contributed by atoms with Crippen LogP contribution in [0.1, 0.15) is 34.1 Å². The van der Waals surface area contributed by atoms with Crippen molar-refractivity contribution in [2.75, 3.05) is 13.1 Å². The lowest BCUT2D eigenvalue weighted by atomic mass is 9.99. The van der Waals surface area contributed by atoms with Crippen LogP contribution in [0.2, 0.25) is 0 Å². The molecule has 0 saturated carbocycles. The van der Waals surface area contributed by atoms with Crippen molar-refractivity contribution in [3.63, 3.8) is 0 Å². The summed E-state index contributed by atoms with van der Waals surface area (Å²) in [5.74, 6) is -1.25. The van der Waals surface area contributed by atoms with Crippen LogP contribution in [-0.4, -0.2) is 52.1 Å². The third-order valence-electron chi connectivity index (χ3n) is 3.47. The molecule has 7 heteroatoms. The number of nitrogens with zero attached hydrogens (tertiary/aromatic N) is 1. The summed E-state index contributed by atoms with van der Waals surface area (Å²) in [7, 11) is 0. The van der Waals surface area contributed by atoms with Gasteiger partial charge >= 0.3 is 12.0 Å². The van der Waals surface area contributed by atoms with Gasteiger partial charge in [0.05, 0.1) is 0 Å². The van der Waals surface area contributed by atoms with E-state index in [2.05, 4.69) is 10.6 Å². The molecule has 1 rings (SSSR count). The van der Waals surface area contributed by atoms with Crippen LogP contribution in [0.4, 0.5) is 4.79 Å². The Morgan fingerprint density at radius 3 is 2.42 bits per heavy atom. The normalized spacial score (nSPS) is 21.2. The van der Waals surface area contributed by atoms with Crippen LogP contribution in [-0.2, 0) is 9.59 Å². The highest BCUT2D eigenvalue weighted by atomic mass is 16.4. The van der Waals surface area contributed by atoms with Crippen molar-refractivity contribution < 1.29 is 19.5 Å². The number of carbonyl (C=O) groups is 3. The average molecular weight is 271 g/mol. The van der Waals surface area contributed by atoms with Crippen LogP contribution in [0.25, 0.3) is 0 Å². The monoisotopic (exact) mass is 271 g/mol. The van der Waals surface area contributed by atoms with Gasteiger partial charge in [-0.25, -0.2) is 4.79 Å². The molecule has 1 aliphatic heterocycles. The number of nitrogens with one attached hydrogen (secondary N) is 2. The van der Waals surface area contributed by atoms with Gasteiger partial charge in [-0.3, -0.25) is 14.5 Å². The van der Waals surface area contributed by atoms with Crippen molar-refractivity contribution in [2.45, 2.75) is 45.2 Å². The molecular formula is C12H21N3O4. The van der Waals surface area contributed by atoms with Crippen LogP contribution < -0.4 is 10.6 Å². The first-order chi connectivity index (χ1) is 8.64. The standard InChI is InChI=1S/C12H21N3O4/c1-5-12(4,9(17)18)13-6-7-15-8(16)11(2,3)14-10(15)19/h13H,5-7H2,1-4H3,(H,14,19)(H,17,18). The predicted molar refractivity (Wildman–Crippen MR) is 68.7 cm³/mol. The lowest BCUT2D eigenvalue weighted by molar-refractivity contribution is -0.144. The molecule has 0 spiro atoms. The van der Waals surface area contributed by atoms with Gasteiger partial charge in [0.15, 0.2) is 0 Å². The molecule has 1 fully saturated rings. The van der Waals surface area contributed by atoms with Gasteiger partial charge in [-0.05, 0) is 27.2 Å². The van der Waals surface area contributed by atoms with Crippen molar-refractivity contribution in [1.82, 2.24) is 15.5 Å². The van der Waals surface area contributed by atoms with Crippen molar-refractivity contribution in [3.8, 4) is 0 Å². The highest BCUT2D eigenvalue weighted by Crippen LogP contribution is 2.16. The summed E-state index contributed by atoms with van der Waals surface area (Å²) in [5.41, 5.74) is -1.94. The Bertz CT molecular complexity index is 408. The molecule has 1 heterocycles. The fraction of sp³-hybridized carbons (Fsp3) is 0.750. The quantitative estimate of drug-likeness (QED) is 0.598. The Hall–Kier alpha value is -1.63. The van der Waals surface area contributed by atoms with Crippen LogP contribution in [0.5, 0.6) is 0 Å². The summed E-state index contributed by atoms with van der Waals surface area (Å²) in [5, 5.41) is 14.5. The van der Waals surface area contributed by atoms with E-state index in [1.807, 2.05) is 0 Å². The van der Waals surface area contributed by atoms with E-state index in [9.17, 15) is 14.4 Å². The molecule has 0 bridgehead atoms. The zero-order valence-electron chi connectivity index (χ0n) is 11.7. The third kappa shape index (κ3) is 3.04. The van der Waals surface area contributed by atoms with Gasteiger partial charge in [-0.1, -0.05) is 6.92 Å². The molecule has 108 valence electrons. The van der Waals surface area contributed by atoms with Gasteiger partial charge in [-0.15, -0.1) is 0 Å². The highest BCUT2D eigenvalue weighted by molar-refractivity contribution is 6.06. The number of hydrogen-bond donors (Lipinski definition) is 3. The zero-order valence-corrected chi connectivity index (χ0v) is 11.7. The van der Waals surface area contributed by atoms with Gasteiger partial charge in [0.2, 0.25) is 0 Å². The van der Waals surface area contributed by atoms with E-state index in [0.29, 0.717) is 6.42 Å². The minimum Gasteiger partial charge on any atom is -0.480 e. The summed E-state index contributed by atoms with van der Waals surface area (Å²) >= 11 is 0. The Labute approximate surface area is 112 Å². The summed E-state index contributed by atoms with van der Waals surface area (Å²) in [6.07, 6.45) is 0.411. The Kier molecular flexibility index (Phi) is 4.19. The molecule has 0 radical (unpaired) electrons. The number of carbonyl (C=O) groups excluding carboxylic acids is 2. The minimum absolute atomic E-state index is 0.150. The van der Waals surface area contributed by atoms with Crippen molar-refractivity contribution >= 4 is 17.9 Å². The molecule has 1 saturated heterocycles. The molecule has 0 aliphatic carbocycles. The molecule has 19 heavy (non-hydrogen) atoms. The van der Waals surface area contributed by atoms with Gasteiger partial charge in [0.1, 0.15) is 11.1 Å². The SMILES string of the molecule is CCC(C)(NCCN1C(=O)NC(C)(C)C1=O)C(=O)O. The van der Waals surface area contributed by atoms with Crippen molar-refractivity contribution in [1.29, 1.82) is 0 Å². The highest BCUT2D eigenvalue weighted by Gasteiger charge is 2.44. The second kappa shape index (κ2) is 5.16. The molecule has 7 nitrogen and oxygen atoms in total. The minimum atomic E-state index is -1.05. The molecule has 3 amide bonds. The first kappa shape index (κ1) is 15.4. The molecule has 1 atom stereocenters. The van der Waals surface area contributed by atoms with Crippen LogP contribution in [0.15, 0.2) is 0 Å². The van der Waals surface area contributed by atoms with Crippen molar-refractivity contribution in [2.24, 2.45) is 0 Å². The first-order valence-corrected chi connectivity index (χ1v) is 6.26. The Morgan fingerprint density at radius 2 is 2.05 bits per heavy atom.